The lowest BCUT2D eigenvalue weighted by Gasteiger charge is -2.23. The summed E-state index contributed by atoms with van der Waals surface area (Å²) in [6, 6.07) is 18.3. The molecule has 1 aliphatic rings. The summed E-state index contributed by atoms with van der Waals surface area (Å²) >= 11 is 5.89. The lowest BCUT2D eigenvalue weighted by Crippen LogP contribution is -2.39. The van der Waals surface area contributed by atoms with Gasteiger partial charge in [-0.25, -0.2) is 4.39 Å². The predicted molar refractivity (Wildman–Crippen MR) is 121 cm³/mol. The van der Waals surface area contributed by atoms with E-state index in [9.17, 15) is 14.0 Å². The molecule has 164 valence electrons. The smallest absolute Gasteiger partial charge is 0.264 e. The standard InChI is InChI=1S/C25H22ClFN2O3/c1-2-22-25(31)29(14-17-5-3-4-6-21(17)27)15-18-13-20(11-12-23(18)32-22)28-24(30)16-7-9-19(26)10-8-16/h3-13,22H,2,14-15H2,1H3,(H,28,30)/t22-/m1/s1. The number of anilines is 1. The van der Waals surface area contributed by atoms with E-state index < -0.39 is 6.10 Å². The van der Waals surface area contributed by atoms with Gasteiger partial charge in [0.2, 0.25) is 0 Å². The average Bonchev–Trinajstić information content (AvgIpc) is 2.92. The van der Waals surface area contributed by atoms with Crippen LogP contribution in [0.15, 0.2) is 66.7 Å². The van der Waals surface area contributed by atoms with Gasteiger partial charge in [0.25, 0.3) is 11.8 Å². The summed E-state index contributed by atoms with van der Waals surface area (Å²) in [7, 11) is 0. The van der Waals surface area contributed by atoms with Gasteiger partial charge in [0.15, 0.2) is 6.10 Å². The van der Waals surface area contributed by atoms with Crippen LogP contribution in [0.3, 0.4) is 0 Å². The fourth-order valence-corrected chi connectivity index (χ4v) is 3.74. The third-order valence-electron chi connectivity index (χ3n) is 5.33. The Balaban J connectivity index is 1.59. The van der Waals surface area contributed by atoms with E-state index in [4.69, 9.17) is 16.3 Å². The van der Waals surface area contributed by atoms with Crippen LogP contribution in [-0.2, 0) is 17.9 Å². The van der Waals surface area contributed by atoms with Crippen LogP contribution in [0.25, 0.3) is 0 Å². The number of ether oxygens (including phenoxy) is 1. The van der Waals surface area contributed by atoms with Crippen molar-refractivity contribution in [3.63, 3.8) is 0 Å². The molecule has 0 radical (unpaired) electrons. The zero-order chi connectivity index (χ0) is 22.7. The van der Waals surface area contributed by atoms with Crippen molar-refractivity contribution in [1.29, 1.82) is 0 Å². The largest absolute Gasteiger partial charge is 0.480 e. The summed E-state index contributed by atoms with van der Waals surface area (Å²) in [5.74, 6) is -0.256. The molecule has 1 aliphatic heterocycles. The molecule has 5 nitrogen and oxygen atoms in total. The number of nitrogens with zero attached hydrogens (tertiary/aromatic N) is 1. The van der Waals surface area contributed by atoms with Crippen LogP contribution in [0.2, 0.25) is 5.02 Å². The van der Waals surface area contributed by atoms with Crippen LogP contribution in [0.5, 0.6) is 5.75 Å². The zero-order valence-corrected chi connectivity index (χ0v) is 18.2. The molecule has 32 heavy (non-hydrogen) atoms. The van der Waals surface area contributed by atoms with E-state index in [0.717, 1.165) is 5.56 Å². The van der Waals surface area contributed by atoms with Crippen molar-refractivity contribution in [2.75, 3.05) is 5.32 Å². The molecule has 3 aromatic rings. The Hall–Kier alpha value is -3.38. The van der Waals surface area contributed by atoms with E-state index in [1.807, 2.05) is 6.92 Å². The second kappa shape index (κ2) is 9.40. The maximum Gasteiger partial charge on any atom is 0.264 e. The van der Waals surface area contributed by atoms with E-state index in [2.05, 4.69) is 5.32 Å². The van der Waals surface area contributed by atoms with E-state index >= 15 is 0 Å². The monoisotopic (exact) mass is 452 g/mol. The molecule has 1 atom stereocenters. The van der Waals surface area contributed by atoms with Crippen molar-refractivity contribution in [1.82, 2.24) is 4.90 Å². The van der Waals surface area contributed by atoms with Gasteiger partial charge in [0, 0.05) is 40.5 Å². The highest BCUT2D eigenvalue weighted by molar-refractivity contribution is 6.30. The Morgan fingerprint density at radius 3 is 2.62 bits per heavy atom. The number of amides is 2. The maximum atomic E-state index is 14.2. The molecule has 7 heteroatoms. The molecule has 0 unspecified atom stereocenters. The van der Waals surface area contributed by atoms with Crippen LogP contribution >= 0.6 is 11.6 Å². The molecule has 0 aliphatic carbocycles. The van der Waals surface area contributed by atoms with Crippen molar-refractivity contribution >= 4 is 29.1 Å². The summed E-state index contributed by atoms with van der Waals surface area (Å²) in [6.45, 7) is 2.24. The number of halogens is 2. The van der Waals surface area contributed by atoms with Crippen molar-refractivity contribution in [2.24, 2.45) is 0 Å². The lowest BCUT2D eigenvalue weighted by atomic mass is 10.1. The third-order valence-corrected chi connectivity index (χ3v) is 5.58. The van der Waals surface area contributed by atoms with Gasteiger partial charge in [0.1, 0.15) is 11.6 Å². The summed E-state index contributed by atoms with van der Waals surface area (Å²) in [5.41, 5.74) is 2.22. The molecule has 4 rings (SSSR count). The predicted octanol–water partition coefficient (Wildman–Crippen LogP) is 5.43. The molecule has 0 spiro atoms. The highest BCUT2D eigenvalue weighted by Crippen LogP contribution is 2.30. The molecule has 1 heterocycles. The highest BCUT2D eigenvalue weighted by atomic mass is 35.5. The van der Waals surface area contributed by atoms with Gasteiger partial charge in [-0.05, 0) is 55.0 Å². The fraction of sp³-hybridized carbons (Fsp3) is 0.200. The topological polar surface area (TPSA) is 58.6 Å². The van der Waals surface area contributed by atoms with Crippen LogP contribution in [0.1, 0.15) is 34.8 Å². The van der Waals surface area contributed by atoms with E-state index in [1.54, 1.807) is 65.6 Å². The van der Waals surface area contributed by atoms with Crippen molar-refractivity contribution in [3.8, 4) is 5.75 Å². The van der Waals surface area contributed by atoms with Gasteiger partial charge in [-0.3, -0.25) is 9.59 Å². The second-order valence-corrected chi connectivity index (χ2v) is 8.02. The van der Waals surface area contributed by atoms with Crippen LogP contribution in [-0.4, -0.2) is 22.8 Å². The quantitative estimate of drug-likeness (QED) is 0.561. The van der Waals surface area contributed by atoms with Crippen molar-refractivity contribution in [3.05, 3.63) is 94.3 Å². The zero-order valence-electron chi connectivity index (χ0n) is 17.5. The maximum absolute atomic E-state index is 14.2. The molecule has 0 bridgehead atoms. The second-order valence-electron chi connectivity index (χ2n) is 7.58. The SMILES string of the molecule is CC[C@H]1Oc2ccc(NC(=O)c3ccc(Cl)cc3)cc2CN(Cc2ccccc2F)C1=O. The Labute approximate surface area is 190 Å². The first-order valence-electron chi connectivity index (χ1n) is 10.3. The lowest BCUT2D eigenvalue weighted by molar-refractivity contribution is -0.139. The van der Waals surface area contributed by atoms with Gasteiger partial charge >= 0.3 is 0 Å². The molecule has 3 aromatic carbocycles. The molecular formula is C25H22ClFN2O3. The Morgan fingerprint density at radius 2 is 1.91 bits per heavy atom. The summed E-state index contributed by atoms with van der Waals surface area (Å²) in [5, 5.41) is 3.41. The van der Waals surface area contributed by atoms with E-state index in [1.165, 1.54) is 6.07 Å². The average molecular weight is 453 g/mol. The Morgan fingerprint density at radius 1 is 1.16 bits per heavy atom. The van der Waals surface area contributed by atoms with Gasteiger partial charge in [-0.15, -0.1) is 0 Å². The van der Waals surface area contributed by atoms with Crippen molar-refractivity contribution < 1.29 is 18.7 Å². The van der Waals surface area contributed by atoms with Crippen LogP contribution in [0.4, 0.5) is 10.1 Å². The fourth-order valence-electron chi connectivity index (χ4n) is 3.62. The Bertz CT molecular complexity index is 1150. The number of hydrogen-bond acceptors (Lipinski definition) is 3. The number of rotatable bonds is 5. The van der Waals surface area contributed by atoms with Gasteiger partial charge < -0.3 is 15.0 Å². The minimum atomic E-state index is -0.655. The number of carbonyl (C=O) groups is 2. The van der Waals surface area contributed by atoms with Crippen LogP contribution in [0, 0.1) is 5.82 Å². The molecule has 0 saturated heterocycles. The first kappa shape index (κ1) is 21.8. The number of hydrogen-bond donors (Lipinski definition) is 1. The Kier molecular flexibility index (Phi) is 6.42. The normalized spacial score (nSPS) is 15.5. The molecular weight excluding hydrogens is 431 g/mol. The summed E-state index contributed by atoms with van der Waals surface area (Å²) in [4.78, 5) is 27.2. The molecule has 2 amide bonds. The number of benzene rings is 3. The molecule has 0 fully saturated rings. The minimum Gasteiger partial charge on any atom is -0.480 e. The number of fused-ring (bicyclic) bond motifs is 1. The van der Waals surface area contributed by atoms with E-state index in [-0.39, 0.29) is 30.7 Å². The minimum absolute atomic E-state index is 0.131. The first-order valence-corrected chi connectivity index (χ1v) is 10.7. The van der Waals surface area contributed by atoms with Gasteiger partial charge in [-0.2, -0.15) is 0 Å². The third kappa shape index (κ3) is 4.75. The molecule has 1 N–H and O–H groups in total. The molecule has 0 saturated carbocycles. The van der Waals surface area contributed by atoms with Crippen LogP contribution < -0.4 is 10.1 Å². The van der Waals surface area contributed by atoms with Gasteiger partial charge in [-0.1, -0.05) is 36.7 Å². The number of nitrogens with one attached hydrogen (secondary N) is 1. The summed E-state index contributed by atoms with van der Waals surface area (Å²) in [6.07, 6.45) is -0.168. The molecule has 0 aromatic heterocycles. The van der Waals surface area contributed by atoms with E-state index in [0.29, 0.717) is 34.0 Å². The highest BCUT2D eigenvalue weighted by Gasteiger charge is 2.30. The first-order chi connectivity index (χ1) is 15.4. The van der Waals surface area contributed by atoms with Gasteiger partial charge in [0.05, 0.1) is 0 Å². The number of carbonyl (C=O) groups excluding carboxylic acids is 2. The summed E-state index contributed by atoms with van der Waals surface area (Å²) < 4.78 is 20.2. The van der Waals surface area contributed by atoms with Crippen molar-refractivity contribution in [2.45, 2.75) is 32.5 Å².